The summed E-state index contributed by atoms with van der Waals surface area (Å²) in [6.45, 7) is 9.31. The molecule has 10 heteroatoms. The number of amides is 1. The number of piperidine rings is 1. The zero-order valence-electron chi connectivity index (χ0n) is 20.2. The van der Waals surface area contributed by atoms with Crippen molar-refractivity contribution in [3.05, 3.63) is 24.3 Å². The number of sulfonamides is 1. The molecule has 2 aliphatic rings. The number of nitrogens with one attached hydrogen (secondary N) is 1. The van der Waals surface area contributed by atoms with Crippen LogP contribution in [0.4, 0.5) is 5.69 Å². The van der Waals surface area contributed by atoms with E-state index in [1.165, 1.54) is 10.6 Å². The van der Waals surface area contributed by atoms with E-state index >= 15 is 0 Å². The Hall–Kier alpha value is -1.88. The molecule has 2 saturated heterocycles. The molecule has 3 rings (SSSR count). The monoisotopic (exact) mass is 482 g/mol. The minimum absolute atomic E-state index is 0.00119. The van der Waals surface area contributed by atoms with Crippen LogP contribution in [-0.2, 0) is 19.6 Å². The Labute approximate surface area is 198 Å². The molecule has 0 saturated carbocycles. The third-order valence-electron chi connectivity index (χ3n) is 6.60. The number of carbonyl (C=O) groups excluding carboxylic acids is 1. The van der Waals surface area contributed by atoms with Crippen molar-refractivity contribution in [1.82, 2.24) is 14.5 Å². The molecule has 33 heavy (non-hydrogen) atoms. The van der Waals surface area contributed by atoms with Gasteiger partial charge in [-0.1, -0.05) is 12.1 Å². The SMILES string of the molecule is COc1ccccc1N1CCN(C(C)(C)CNC(=O)COC2CCN(S(C)(=O)=O)CC2)CC1. The van der Waals surface area contributed by atoms with Crippen molar-refractivity contribution in [1.29, 1.82) is 0 Å². The number of ether oxygens (including phenoxy) is 2. The summed E-state index contributed by atoms with van der Waals surface area (Å²) in [7, 11) is -1.46. The first-order valence-corrected chi connectivity index (χ1v) is 13.4. The Bertz CT molecular complexity index is 892. The van der Waals surface area contributed by atoms with E-state index < -0.39 is 10.0 Å². The second kappa shape index (κ2) is 11.0. The van der Waals surface area contributed by atoms with Gasteiger partial charge in [-0.05, 0) is 38.8 Å². The van der Waals surface area contributed by atoms with Gasteiger partial charge in [-0.15, -0.1) is 0 Å². The maximum absolute atomic E-state index is 12.4. The van der Waals surface area contributed by atoms with E-state index in [1.54, 1.807) is 7.11 Å². The fraction of sp³-hybridized carbons (Fsp3) is 0.696. The van der Waals surface area contributed by atoms with Crippen molar-refractivity contribution in [2.45, 2.75) is 38.3 Å². The van der Waals surface area contributed by atoms with E-state index in [0.29, 0.717) is 32.5 Å². The van der Waals surface area contributed by atoms with E-state index in [1.807, 2.05) is 18.2 Å². The summed E-state index contributed by atoms with van der Waals surface area (Å²) in [5, 5.41) is 3.01. The molecule has 2 aliphatic heterocycles. The number of hydrogen-bond donors (Lipinski definition) is 1. The normalized spacial score (nSPS) is 19.5. The van der Waals surface area contributed by atoms with Gasteiger partial charge in [-0.2, -0.15) is 0 Å². The van der Waals surface area contributed by atoms with Gasteiger partial charge in [-0.25, -0.2) is 12.7 Å². The van der Waals surface area contributed by atoms with Gasteiger partial charge in [0.15, 0.2) is 0 Å². The molecule has 0 spiro atoms. The lowest BCUT2D eigenvalue weighted by molar-refractivity contribution is -0.129. The van der Waals surface area contributed by atoms with E-state index in [4.69, 9.17) is 9.47 Å². The maximum atomic E-state index is 12.4. The standard InChI is InChI=1S/C23H38N4O5S/c1-23(2,26-15-13-25(14-16-26)20-7-5-6-8-21(20)31-3)18-24-22(28)17-32-19-9-11-27(12-10-19)33(4,29)30/h5-8,19H,9-18H2,1-4H3,(H,24,28). The Balaban J connectivity index is 1.39. The smallest absolute Gasteiger partial charge is 0.246 e. The van der Waals surface area contributed by atoms with Gasteiger partial charge in [0, 0.05) is 51.4 Å². The van der Waals surface area contributed by atoms with Crippen molar-refractivity contribution < 1.29 is 22.7 Å². The third kappa shape index (κ3) is 7.05. The summed E-state index contributed by atoms with van der Waals surface area (Å²) in [6, 6.07) is 8.08. The van der Waals surface area contributed by atoms with Crippen molar-refractivity contribution >= 4 is 21.6 Å². The summed E-state index contributed by atoms with van der Waals surface area (Å²) in [5.74, 6) is 0.751. The Kier molecular flexibility index (Phi) is 8.60. The molecule has 1 amide bonds. The number of carbonyl (C=O) groups is 1. The summed E-state index contributed by atoms with van der Waals surface area (Å²) >= 11 is 0. The predicted octanol–water partition coefficient (Wildman–Crippen LogP) is 1.15. The number of benzene rings is 1. The molecule has 1 N–H and O–H groups in total. The van der Waals surface area contributed by atoms with Crippen LogP contribution in [0.2, 0.25) is 0 Å². The van der Waals surface area contributed by atoms with Crippen LogP contribution in [0.15, 0.2) is 24.3 Å². The molecule has 1 aromatic carbocycles. The molecule has 0 unspecified atom stereocenters. The van der Waals surface area contributed by atoms with Gasteiger partial charge in [0.1, 0.15) is 12.4 Å². The zero-order chi connectivity index (χ0) is 24.1. The second-order valence-corrected chi connectivity index (χ2v) is 11.4. The summed E-state index contributed by atoms with van der Waals surface area (Å²) in [5.41, 5.74) is 0.939. The number of anilines is 1. The molecular formula is C23H38N4O5S. The molecule has 2 heterocycles. The van der Waals surface area contributed by atoms with E-state index in [2.05, 4.69) is 35.0 Å². The highest BCUT2D eigenvalue weighted by Gasteiger charge is 2.31. The number of piperazine rings is 1. The Morgan fingerprint density at radius 3 is 2.33 bits per heavy atom. The number of nitrogens with zero attached hydrogens (tertiary/aromatic N) is 3. The molecule has 0 aromatic heterocycles. The van der Waals surface area contributed by atoms with Crippen LogP contribution in [0.25, 0.3) is 0 Å². The number of rotatable bonds is 9. The van der Waals surface area contributed by atoms with Crippen molar-refractivity contribution in [2.75, 3.05) is 70.7 Å². The van der Waals surface area contributed by atoms with Crippen molar-refractivity contribution in [2.24, 2.45) is 0 Å². The molecule has 186 valence electrons. The van der Waals surface area contributed by atoms with Crippen molar-refractivity contribution in [3.8, 4) is 5.75 Å². The van der Waals surface area contributed by atoms with E-state index in [-0.39, 0.29) is 24.2 Å². The van der Waals surface area contributed by atoms with Gasteiger partial charge in [-0.3, -0.25) is 9.69 Å². The van der Waals surface area contributed by atoms with Crippen LogP contribution in [0.5, 0.6) is 5.75 Å². The Morgan fingerprint density at radius 2 is 1.73 bits per heavy atom. The molecule has 9 nitrogen and oxygen atoms in total. The van der Waals surface area contributed by atoms with Gasteiger partial charge >= 0.3 is 0 Å². The zero-order valence-corrected chi connectivity index (χ0v) is 21.1. The van der Waals surface area contributed by atoms with Gasteiger partial charge in [0.2, 0.25) is 15.9 Å². The fourth-order valence-electron chi connectivity index (χ4n) is 4.45. The third-order valence-corrected chi connectivity index (χ3v) is 7.90. The topological polar surface area (TPSA) is 91.4 Å². The van der Waals surface area contributed by atoms with E-state index in [9.17, 15) is 13.2 Å². The number of hydrogen-bond acceptors (Lipinski definition) is 7. The molecule has 0 bridgehead atoms. The molecule has 1 aromatic rings. The highest BCUT2D eigenvalue weighted by Crippen LogP contribution is 2.29. The first-order valence-electron chi connectivity index (χ1n) is 11.6. The lowest BCUT2D eigenvalue weighted by Crippen LogP contribution is -2.58. The maximum Gasteiger partial charge on any atom is 0.246 e. The predicted molar refractivity (Wildman–Crippen MR) is 129 cm³/mol. The average Bonchev–Trinajstić information content (AvgIpc) is 2.81. The van der Waals surface area contributed by atoms with Crippen LogP contribution in [0.1, 0.15) is 26.7 Å². The quantitative estimate of drug-likeness (QED) is 0.565. The minimum atomic E-state index is -3.15. The molecule has 0 atom stereocenters. The summed E-state index contributed by atoms with van der Waals surface area (Å²) in [6.07, 6.45) is 2.37. The fourth-order valence-corrected chi connectivity index (χ4v) is 5.32. The average molecular weight is 483 g/mol. The lowest BCUT2D eigenvalue weighted by atomic mass is 10.0. The Morgan fingerprint density at radius 1 is 1.09 bits per heavy atom. The first kappa shape index (κ1) is 25.7. The highest BCUT2D eigenvalue weighted by molar-refractivity contribution is 7.88. The molecular weight excluding hydrogens is 444 g/mol. The largest absolute Gasteiger partial charge is 0.495 e. The molecule has 0 radical (unpaired) electrons. The lowest BCUT2D eigenvalue weighted by Gasteiger charge is -2.45. The second-order valence-electron chi connectivity index (χ2n) is 9.41. The van der Waals surface area contributed by atoms with Crippen LogP contribution in [-0.4, -0.2) is 101 Å². The van der Waals surface area contributed by atoms with Crippen LogP contribution in [0, 0.1) is 0 Å². The van der Waals surface area contributed by atoms with Crippen LogP contribution < -0.4 is 15.0 Å². The van der Waals surface area contributed by atoms with Gasteiger partial charge < -0.3 is 19.7 Å². The van der Waals surface area contributed by atoms with Crippen LogP contribution in [0.3, 0.4) is 0 Å². The minimum Gasteiger partial charge on any atom is -0.495 e. The van der Waals surface area contributed by atoms with Gasteiger partial charge in [0.25, 0.3) is 0 Å². The van der Waals surface area contributed by atoms with E-state index in [0.717, 1.165) is 37.6 Å². The number of para-hydroxylation sites is 2. The number of methoxy groups -OCH3 is 1. The van der Waals surface area contributed by atoms with Crippen LogP contribution >= 0.6 is 0 Å². The molecule has 2 fully saturated rings. The van der Waals surface area contributed by atoms with Gasteiger partial charge in [0.05, 0.1) is 25.2 Å². The molecule has 0 aliphatic carbocycles. The summed E-state index contributed by atoms with van der Waals surface area (Å²) in [4.78, 5) is 17.1. The highest BCUT2D eigenvalue weighted by atomic mass is 32.2. The summed E-state index contributed by atoms with van der Waals surface area (Å²) < 4.78 is 35.9. The first-order chi connectivity index (χ1) is 15.6. The van der Waals surface area contributed by atoms with Crippen molar-refractivity contribution in [3.63, 3.8) is 0 Å².